The van der Waals surface area contributed by atoms with Crippen LogP contribution in [0.2, 0.25) is 0 Å². The van der Waals surface area contributed by atoms with E-state index in [1.807, 2.05) is 0 Å². The summed E-state index contributed by atoms with van der Waals surface area (Å²) in [5, 5.41) is 21.8. The number of rotatable bonds is 6. The van der Waals surface area contributed by atoms with Gasteiger partial charge in [-0.15, -0.1) is 0 Å². The third-order valence-corrected chi connectivity index (χ3v) is 4.67. The zero-order chi connectivity index (χ0) is 11.6. The SMILES string of the molecule is O=C(O)C1(NC2CC2)CCC(SCCO)C1. The molecule has 0 bridgehead atoms. The van der Waals surface area contributed by atoms with Gasteiger partial charge in [-0.1, -0.05) is 0 Å². The number of aliphatic hydroxyl groups excluding tert-OH is 1. The van der Waals surface area contributed by atoms with Crippen molar-refractivity contribution in [3.8, 4) is 0 Å². The van der Waals surface area contributed by atoms with Crippen LogP contribution in [0.25, 0.3) is 0 Å². The fourth-order valence-corrected chi connectivity index (χ4v) is 3.49. The minimum Gasteiger partial charge on any atom is -0.480 e. The molecule has 4 nitrogen and oxygen atoms in total. The summed E-state index contributed by atoms with van der Waals surface area (Å²) in [6, 6.07) is 0.428. The van der Waals surface area contributed by atoms with Gasteiger partial charge in [-0.05, 0) is 32.1 Å². The van der Waals surface area contributed by atoms with E-state index >= 15 is 0 Å². The Morgan fingerprint density at radius 2 is 2.19 bits per heavy atom. The molecule has 0 heterocycles. The number of aliphatic carboxylic acids is 1. The molecule has 0 aromatic heterocycles. The van der Waals surface area contributed by atoms with E-state index in [0.717, 1.165) is 25.7 Å². The van der Waals surface area contributed by atoms with E-state index < -0.39 is 11.5 Å². The van der Waals surface area contributed by atoms with Gasteiger partial charge < -0.3 is 10.2 Å². The van der Waals surface area contributed by atoms with Gasteiger partial charge in [0.15, 0.2) is 0 Å². The van der Waals surface area contributed by atoms with E-state index in [4.69, 9.17) is 5.11 Å². The second-order valence-electron chi connectivity index (χ2n) is 4.77. The van der Waals surface area contributed by atoms with Crippen LogP contribution in [0.4, 0.5) is 0 Å². The van der Waals surface area contributed by atoms with E-state index in [9.17, 15) is 9.90 Å². The standard InChI is InChI=1S/C11H19NO3S/c13-5-6-16-9-3-4-11(7-9,10(14)15)12-8-1-2-8/h8-9,12-13H,1-7H2,(H,14,15). The molecule has 0 aromatic carbocycles. The molecule has 16 heavy (non-hydrogen) atoms. The van der Waals surface area contributed by atoms with E-state index in [0.29, 0.717) is 23.5 Å². The molecule has 2 atom stereocenters. The summed E-state index contributed by atoms with van der Waals surface area (Å²) in [6.45, 7) is 0.178. The number of thioether (sulfide) groups is 1. The monoisotopic (exact) mass is 245 g/mol. The summed E-state index contributed by atoms with van der Waals surface area (Å²) in [4.78, 5) is 11.4. The molecule has 0 amide bonds. The summed E-state index contributed by atoms with van der Waals surface area (Å²) in [5.41, 5.74) is -0.686. The van der Waals surface area contributed by atoms with Crippen LogP contribution < -0.4 is 5.32 Å². The van der Waals surface area contributed by atoms with Gasteiger partial charge in [-0.25, -0.2) is 0 Å². The molecule has 2 rings (SSSR count). The molecule has 0 saturated heterocycles. The molecule has 92 valence electrons. The Hall–Kier alpha value is -0.260. The highest BCUT2D eigenvalue weighted by Crippen LogP contribution is 2.39. The first-order valence-corrected chi connectivity index (χ1v) is 6.95. The van der Waals surface area contributed by atoms with Crippen molar-refractivity contribution in [3.05, 3.63) is 0 Å². The van der Waals surface area contributed by atoms with Gasteiger partial charge in [-0.3, -0.25) is 10.1 Å². The zero-order valence-electron chi connectivity index (χ0n) is 9.32. The minimum absolute atomic E-state index is 0.178. The fourth-order valence-electron chi connectivity index (χ4n) is 2.37. The highest BCUT2D eigenvalue weighted by atomic mass is 32.2. The highest BCUT2D eigenvalue weighted by molar-refractivity contribution is 7.99. The lowest BCUT2D eigenvalue weighted by Crippen LogP contribution is -2.51. The Bertz CT molecular complexity index is 270. The van der Waals surface area contributed by atoms with Crippen LogP contribution >= 0.6 is 11.8 Å². The van der Waals surface area contributed by atoms with Crippen LogP contribution in [0.15, 0.2) is 0 Å². The fraction of sp³-hybridized carbons (Fsp3) is 0.909. The Balaban J connectivity index is 1.91. The van der Waals surface area contributed by atoms with E-state index in [2.05, 4.69) is 5.32 Å². The first kappa shape index (κ1) is 12.2. The Labute approximate surface area is 99.8 Å². The molecular formula is C11H19NO3S. The zero-order valence-corrected chi connectivity index (χ0v) is 10.1. The number of carboxylic acid groups (broad SMARTS) is 1. The molecule has 0 aromatic rings. The van der Waals surface area contributed by atoms with Gasteiger partial charge >= 0.3 is 5.97 Å². The van der Waals surface area contributed by atoms with E-state index in [1.54, 1.807) is 11.8 Å². The van der Waals surface area contributed by atoms with Gasteiger partial charge in [0, 0.05) is 17.0 Å². The maximum atomic E-state index is 11.4. The second-order valence-corrected chi connectivity index (χ2v) is 6.17. The van der Waals surface area contributed by atoms with Crippen molar-refractivity contribution in [3.63, 3.8) is 0 Å². The van der Waals surface area contributed by atoms with E-state index in [-0.39, 0.29) is 6.61 Å². The number of hydrogen-bond donors (Lipinski definition) is 3. The lowest BCUT2D eigenvalue weighted by atomic mass is 9.98. The normalized spacial score (nSPS) is 34.2. The summed E-state index contributed by atoms with van der Waals surface area (Å²) >= 11 is 1.70. The summed E-state index contributed by atoms with van der Waals surface area (Å²) in [6.07, 6.45) is 4.59. The molecule has 0 aliphatic heterocycles. The lowest BCUT2D eigenvalue weighted by molar-refractivity contribution is -0.144. The largest absolute Gasteiger partial charge is 0.480 e. The molecule has 5 heteroatoms. The predicted octanol–water partition coefficient (Wildman–Crippen LogP) is 0.840. The second kappa shape index (κ2) is 4.94. The number of carbonyl (C=O) groups is 1. The first-order valence-electron chi connectivity index (χ1n) is 5.90. The molecule has 2 aliphatic rings. The van der Waals surface area contributed by atoms with Crippen LogP contribution in [-0.4, -0.2) is 45.4 Å². The third-order valence-electron chi connectivity index (χ3n) is 3.38. The quantitative estimate of drug-likeness (QED) is 0.647. The Morgan fingerprint density at radius 1 is 1.44 bits per heavy atom. The average Bonchev–Trinajstić information content (AvgIpc) is 2.95. The van der Waals surface area contributed by atoms with Crippen LogP contribution in [0.1, 0.15) is 32.1 Å². The van der Waals surface area contributed by atoms with Gasteiger partial charge in [0.2, 0.25) is 0 Å². The number of nitrogens with one attached hydrogen (secondary N) is 1. The predicted molar refractivity (Wildman–Crippen MR) is 63.7 cm³/mol. The maximum Gasteiger partial charge on any atom is 0.323 e. The van der Waals surface area contributed by atoms with Gasteiger partial charge in [-0.2, -0.15) is 11.8 Å². The number of carboxylic acids is 1. The van der Waals surface area contributed by atoms with Gasteiger partial charge in [0.05, 0.1) is 6.61 Å². The van der Waals surface area contributed by atoms with Crippen molar-refractivity contribution in [2.24, 2.45) is 0 Å². The summed E-state index contributed by atoms with van der Waals surface area (Å²) in [7, 11) is 0. The van der Waals surface area contributed by atoms with Crippen LogP contribution in [0.3, 0.4) is 0 Å². The van der Waals surface area contributed by atoms with Crippen molar-refractivity contribution < 1.29 is 15.0 Å². The Kier molecular flexibility index (Phi) is 3.77. The third kappa shape index (κ3) is 2.70. The molecule has 0 radical (unpaired) electrons. The van der Waals surface area contributed by atoms with E-state index in [1.165, 1.54) is 0 Å². The Morgan fingerprint density at radius 3 is 2.75 bits per heavy atom. The van der Waals surface area contributed by atoms with Crippen molar-refractivity contribution in [2.45, 2.75) is 48.9 Å². The number of aliphatic hydroxyl groups is 1. The minimum atomic E-state index is -0.702. The molecular weight excluding hydrogens is 226 g/mol. The first-order chi connectivity index (χ1) is 7.66. The summed E-state index contributed by atoms with van der Waals surface area (Å²) < 4.78 is 0. The average molecular weight is 245 g/mol. The van der Waals surface area contributed by atoms with Crippen LogP contribution in [0.5, 0.6) is 0 Å². The van der Waals surface area contributed by atoms with Crippen molar-refractivity contribution in [2.75, 3.05) is 12.4 Å². The number of hydrogen-bond acceptors (Lipinski definition) is 4. The molecule has 2 saturated carbocycles. The summed E-state index contributed by atoms with van der Waals surface area (Å²) in [5.74, 6) is 0.00978. The molecule has 2 aliphatic carbocycles. The van der Waals surface area contributed by atoms with Crippen LogP contribution in [0, 0.1) is 0 Å². The van der Waals surface area contributed by atoms with Crippen molar-refractivity contribution in [1.29, 1.82) is 0 Å². The smallest absolute Gasteiger partial charge is 0.323 e. The van der Waals surface area contributed by atoms with Crippen molar-refractivity contribution in [1.82, 2.24) is 5.32 Å². The highest BCUT2D eigenvalue weighted by Gasteiger charge is 2.48. The molecule has 2 unspecified atom stereocenters. The topological polar surface area (TPSA) is 69.6 Å². The molecule has 3 N–H and O–H groups in total. The molecule has 0 spiro atoms. The van der Waals surface area contributed by atoms with Crippen molar-refractivity contribution >= 4 is 17.7 Å². The maximum absolute atomic E-state index is 11.4. The molecule has 2 fully saturated rings. The van der Waals surface area contributed by atoms with Crippen LogP contribution in [-0.2, 0) is 4.79 Å². The van der Waals surface area contributed by atoms with Gasteiger partial charge in [0.25, 0.3) is 0 Å². The lowest BCUT2D eigenvalue weighted by Gasteiger charge is -2.26. The van der Waals surface area contributed by atoms with Gasteiger partial charge in [0.1, 0.15) is 5.54 Å².